The van der Waals surface area contributed by atoms with Crippen LogP contribution < -0.4 is 20.5 Å². The minimum atomic E-state index is -0.782. The van der Waals surface area contributed by atoms with Crippen molar-refractivity contribution in [2.24, 2.45) is 0 Å². The van der Waals surface area contributed by atoms with Gasteiger partial charge < -0.3 is 19.5 Å². The Labute approximate surface area is 171 Å². The van der Waals surface area contributed by atoms with E-state index < -0.39 is 17.6 Å². The summed E-state index contributed by atoms with van der Waals surface area (Å²) >= 11 is 0. The van der Waals surface area contributed by atoms with E-state index in [1.54, 1.807) is 30.3 Å². The quantitative estimate of drug-likeness (QED) is 0.583. The largest absolute Gasteiger partial charge is 0.493 e. The number of ether oxygens (including phenoxy) is 3. The Hall–Kier alpha value is -4.08. The monoisotopic (exact) mass is 413 g/mol. The molecule has 0 atom stereocenters. The summed E-state index contributed by atoms with van der Waals surface area (Å²) in [6.45, 7) is -0.329. The van der Waals surface area contributed by atoms with E-state index in [0.717, 1.165) is 4.57 Å². The highest BCUT2D eigenvalue weighted by Crippen LogP contribution is 2.31. The number of rotatable bonds is 7. The number of nitrogens with one attached hydrogen (secondary N) is 1. The van der Waals surface area contributed by atoms with Gasteiger partial charge in [0.15, 0.2) is 17.3 Å². The lowest BCUT2D eigenvalue weighted by Crippen LogP contribution is -2.25. The van der Waals surface area contributed by atoms with E-state index >= 15 is 0 Å². The molecule has 0 fully saturated rings. The van der Waals surface area contributed by atoms with Crippen LogP contribution in [0.4, 0.5) is 5.69 Å². The second kappa shape index (κ2) is 8.95. The van der Waals surface area contributed by atoms with Gasteiger partial charge >= 0.3 is 11.7 Å². The number of nitrogens with zero attached hydrogens (tertiary/aromatic N) is 2. The van der Waals surface area contributed by atoms with Crippen molar-refractivity contribution in [3.63, 3.8) is 0 Å². The summed E-state index contributed by atoms with van der Waals surface area (Å²) in [4.78, 5) is 36.0. The Kier molecular flexibility index (Phi) is 6.16. The molecule has 1 heterocycles. The minimum Gasteiger partial charge on any atom is -0.493 e. The molecular formula is C20H19N3O7. The molecule has 0 spiro atoms. The second-order valence-electron chi connectivity index (χ2n) is 6.05. The first-order chi connectivity index (χ1) is 14.5. The Morgan fingerprint density at radius 3 is 2.37 bits per heavy atom. The summed E-state index contributed by atoms with van der Waals surface area (Å²) in [5, 5.41) is 6.41. The maximum atomic E-state index is 12.4. The number of anilines is 1. The van der Waals surface area contributed by atoms with Gasteiger partial charge in [-0.3, -0.25) is 9.32 Å². The normalized spacial score (nSPS) is 10.4. The lowest BCUT2D eigenvalue weighted by molar-refractivity contribution is -0.116. The van der Waals surface area contributed by atoms with Crippen LogP contribution in [0.5, 0.6) is 11.5 Å². The third-order valence-corrected chi connectivity index (χ3v) is 4.22. The summed E-state index contributed by atoms with van der Waals surface area (Å²) in [5.74, 6) is -0.636. The summed E-state index contributed by atoms with van der Waals surface area (Å²) in [5.41, 5.74) is 1.31. The number of benzene rings is 2. The fourth-order valence-electron chi connectivity index (χ4n) is 2.74. The van der Waals surface area contributed by atoms with Crippen molar-refractivity contribution in [2.75, 3.05) is 26.6 Å². The van der Waals surface area contributed by atoms with Crippen molar-refractivity contribution >= 4 is 17.6 Å². The van der Waals surface area contributed by atoms with Gasteiger partial charge in [-0.15, -0.1) is 0 Å². The van der Waals surface area contributed by atoms with Crippen LogP contribution in [-0.4, -0.2) is 42.9 Å². The Balaban J connectivity index is 1.79. The number of amides is 1. The minimum absolute atomic E-state index is 0.164. The predicted octanol–water partition coefficient (Wildman–Crippen LogP) is 1.95. The van der Waals surface area contributed by atoms with Gasteiger partial charge in [-0.2, -0.15) is 0 Å². The average molecular weight is 413 g/mol. The average Bonchev–Trinajstić information content (AvgIpc) is 3.13. The molecule has 3 rings (SSSR count). The van der Waals surface area contributed by atoms with E-state index in [9.17, 15) is 14.4 Å². The third-order valence-electron chi connectivity index (χ3n) is 4.22. The van der Waals surface area contributed by atoms with Crippen LogP contribution in [0.2, 0.25) is 0 Å². The summed E-state index contributed by atoms with van der Waals surface area (Å²) in [6.07, 6.45) is 0. The standard InChI is InChI=1S/C20H19N3O7/c1-27-15-9-6-13(10-16(15)28-2)18-22-30-20(26)23(18)11-17(24)21-14-7-4-12(5-8-14)19(25)29-3/h4-10H,11H2,1-3H3,(H,21,24). The number of aromatic nitrogens is 2. The summed E-state index contributed by atoms with van der Waals surface area (Å²) in [7, 11) is 4.27. The lowest BCUT2D eigenvalue weighted by Gasteiger charge is -2.10. The molecular weight excluding hydrogens is 394 g/mol. The molecule has 10 nitrogen and oxygen atoms in total. The molecule has 0 saturated carbocycles. The van der Waals surface area contributed by atoms with E-state index in [4.69, 9.17) is 14.0 Å². The smallest absolute Gasteiger partial charge is 0.442 e. The Morgan fingerprint density at radius 2 is 1.73 bits per heavy atom. The predicted molar refractivity (Wildman–Crippen MR) is 106 cm³/mol. The molecule has 0 saturated heterocycles. The van der Waals surface area contributed by atoms with Crippen molar-refractivity contribution in [2.45, 2.75) is 6.54 Å². The second-order valence-corrected chi connectivity index (χ2v) is 6.05. The Morgan fingerprint density at radius 1 is 1.03 bits per heavy atom. The molecule has 2 aromatic carbocycles. The third kappa shape index (κ3) is 4.32. The number of hydrogen-bond donors (Lipinski definition) is 1. The highest BCUT2D eigenvalue weighted by Gasteiger charge is 2.18. The number of hydrogen-bond acceptors (Lipinski definition) is 8. The zero-order valence-electron chi connectivity index (χ0n) is 16.5. The van der Waals surface area contributed by atoms with E-state index in [1.165, 1.54) is 33.5 Å². The van der Waals surface area contributed by atoms with Crippen LogP contribution in [0.3, 0.4) is 0 Å². The summed E-state index contributed by atoms with van der Waals surface area (Å²) < 4.78 is 20.9. The highest BCUT2D eigenvalue weighted by molar-refractivity contribution is 5.93. The van der Waals surface area contributed by atoms with Crippen molar-refractivity contribution < 1.29 is 28.3 Å². The van der Waals surface area contributed by atoms with Crippen LogP contribution in [0.15, 0.2) is 51.8 Å². The Bertz CT molecular complexity index is 1120. The molecule has 0 bridgehead atoms. The molecule has 0 unspecified atom stereocenters. The maximum Gasteiger partial charge on any atom is 0.442 e. The van der Waals surface area contributed by atoms with Gasteiger partial charge in [-0.1, -0.05) is 5.16 Å². The van der Waals surface area contributed by atoms with E-state index in [1.807, 2.05) is 0 Å². The maximum absolute atomic E-state index is 12.4. The zero-order valence-corrected chi connectivity index (χ0v) is 16.5. The van der Waals surface area contributed by atoms with Crippen molar-refractivity contribution in [1.29, 1.82) is 0 Å². The first-order valence-corrected chi connectivity index (χ1v) is 8.74. The van der Waals surface area contributed by atoms with Crippen LogP contribution in [0, 0.1) is 0 Å². The van der Waals surface area contributed by atoms with Crippen LogP contribution in [0.25, 0.3) is 11.4 Å². The molecule has 1 amide bonds. The van der Waals surface area contributed by atoms with Crippen LogP contribution in [-0.2, 0) is 16.1 Å². The first kappa shape index (κ1) is 20.6. The lowest BCUT2D eigenvalue weighted by atomic mass is 10.2. The van der Waals surface area contributed by atoms with Crippen LogP contribution in [0.1, 0.15) is 10.4 Å². The molecule has 30 heavy (non-hydrogen) atoms. The van der Waals surface area contributed by atoms with Crippen molar-refractivity contribution in [3.05, 3.63) is 58.6 Å². The zero-order chi connectivity index (χ0) is 21.7. The van der Waals surface area contributed by atoms with E-state index in [2.05, 4.69) is 15.2 Å². The SMILES string of the molecule is COC(=O)c1ccc(NC(=O)Cn2c(-c3ccc(OC)c(OC)c3)noc2=O)cc1. The van der Waals surface area contributed by atoms with Gasteiger partial charge in [0.1, 0.15) is 6.54 Å². The molecule has 1 aromatic heterocycles. The number of methoxy groups -OCH3 is 3. The molecule has 0 aliphatic carbocycles. The van der Waals surface area contributed by atoms with E-state index in [-0.39, 0.29) is 12.4 Å². The summed E-state index contributed by atoms with van der Waals surface area (Å²) in [6, 6.07) is 11.1. The number of carbonyl (C=O) groups is 2. The molecule has 156 valence electrons. The van der Waals surface area contributed by atoms with Gasteiger partial charge in [0.25, 0.3) is 0 Å². The fraction of sp³-hybridized carbons (Fsp3) is 0.200. The topological polar surface area (TPSA) is 122 Å². The molecule has 10 heteroatoms. The molecule has 3 aromatic rings. The number of carbonyl (C=O) groups excluding carboxylic acids is 2. The van der Waals surface area contributed by atoms with Crippen molar-refractivity contribution in [1.82, 2.24) is 9.72 Å². The number of esters is 1. The van der Waals surface area contributed by atoms with E-state index in [0.29, 0.717) is 28.3 Å². The molecule has 0 aliphatic heterocycles. The van der Waals surface area contributed by atoms with Gasteiger partial charge in [-0.25, -0.2) is 14.2 Å². The van der Waals surface area contributed by atoms with Gasteiger partial charge in [0, 0.05) is 11.3 Å². The van der Waals surface area contributed by atoms with Crippen LogP contribution >= 0.6 is 0 Å². The van der Waals surface area contributed by atoms with Crippen molar-refractivity contribution in [3.8, 4) is 22.9 Å². The molecule has 0 radical (unpaired) electrons. The fourth-order valence-corrected chi connectivity index (χ4v) is 2.74. The highest BCUT2D eigenvalue weighted by atomic mass is 16.5. The van der Waals surface area contributed by atoms with Gasteiger partial charge in [0.05, 0.1) is 26.9 Å². The first-order valence-electron chi connectivity index (χ1n) is 8.74. The van der Waals surface area contributed by atoms with Gasteiger partial charge in [0.2, 0.25) is 5.91 Å². The van der Waals surface area contributed by atoms with Gasteiger partial charge in [-0.05, 0) is 42.5 Å². The molecule has 1 N–H and O–H groups in total. The molecule has 0 aliphatic rings.